The topological polar surface area (TPSA) is 40.6 Å². The van der Waals surface area contributed by atoms with Crippen LogP contribution in [0.15, 0.2) is 0 Å². The molecule has 1 saturated carbocycles. The third kappa shape index (κ3) is 2.37. The Balaban J connectivity index is 2.06. The number of fused-ring (bicyclic) bond motifs is 1. The molecule has 100 valence electrons. The zero-order chi connectivity index (χ0) is 12.6. The molecule has 0 N–H and O–H groups in total. The lowest BCUT2D eigenvalue weighted by molar-refractivity contribution is 0.359. The van der Waals surface area contributed by atoms with Crippen LogP contribution in [0.1, 0.15) is 33.6 Å². The minimum Gasteiger partial charge on any atom is -0.195 e. The predicted molar refractivity (Wildman–Crippen MR) is 68.8 cm³/mol. The smallest absolute Gasteiger partial charge is 0.195 e. The predicted octanol–water partition coefficient (Wildman–Crippen LogP) is 1.55. The standard InChI is InChI=1S/C12H24N2O2S/c1-4-13(5-2)17(15,16)14-8-11-6-10(3)7-12(11)9-14/h10-12H,4-9H2,1-3H3. The number of rotatable bonds is 4. The number of hydrogen-bond donors (Lipinski definition) is 0. The Morgan fingerprint density at radius 3 is 2.00 bits per heavy atom. The van der Waals surface area contributed by atoms with Gasteiger partial charge in [-0.2, -0.15) is 17.0 Å². The molecular formula is C12H24N2O2S. The summed E-state index contributed by atoms with van der Waals surface area (Å²) in [5.41, 5.74) is 0. The van der Waals surface area contributed by atoms with Gasteiger partial charge >= 0.3 is 0 Å². The molecule has 1 saturated heterocycles. The minimum atomic E-state index is -3.19. The molecule has 2 rings (SSSR count). The van der Waals surface area contributed by atoms with Gasteiger partial charge in [-0.1, -0.05) is 20.8 Å². The lowest BCUT2D eigenvalue weighted by atomic mass is 10.0. The Morgan fingerprint density at radius 1 is 1.12 bits per heavy atom. The molecule has 0 aromatic rings. The van der Waals surface area contributed by atoms with E-state index in [9.17, 15) is 8.42 Å². The Morgan fingerprint density at radius 2 is 1.59 bits per heavy atom. The fourth-order valence-electron chi connectivity index (χ4n) is 3.46. The molecule has 2 fully saturated rings. The summed E-state index contributed by atoms with van der Waals surface area (Å²) in [6.45, 7) is 8.71. The molecule has 2 atom stereocenters. The fourth-order valence-corrected chi connectivity index (χ4v) is 5.20. The van der Waals surface area contributed by atoms with Crippen molar-refractivity contribution in [3.8, 4) is 0 Å². The molecule has 2 unspecified atom stereocenters. The van der Waals surface area contributed by atoms with Gasteiger partial charge in [0.1, 0.15) is 0 Å². The first-order valence-corrected chi connectivity index (χ1v) is 8.13. The highest BCUT2D eigenvalue weighted by atomic mass is 32.2. The summed E-state index contributed by atoms with van der Waals surface area (Å²) in [6, 6.07) is 0. The van der Waals surface area contributed by atoms with Crippen molar-refractivity contribution in [1.29, 1.82) is 0 Å². The third-order valence-corrected chi connectivity index (χ3v) is 6.43. The first-order chi connectivity index (χ1) is 7.98. The van der Waals surface area contributed by atoms with Crippen LogP contribution in [0.25, 0.3) is 0 Å². The molecule has 1 heterocycles. The second-order valence-electron chi connectivity index (χ2n) is 5.51. The maximum atomic E-state index is 12.4. The molecule has 1 aliphatic carbocycles. The van der Waals surface area contributed by atoms with E-state index < -0.39 is 10.2 Å². The van der Waals surface area contributed by atoms with Crippen molar-refractivity contribution in [2.75, 3.05) is 26.2 Å². The van der Waals surface area contributed by atoms with Crippen LogP contribution in [0.3, 0.4) is 0 Å². The van der Waals surface area contributed by atoms with Gasteiger partial charge in [-0.15, -0.1) is 0 Å². The van der Waals surface area contributed by atoms with Crippen molar-refractivity contribution >= 4 is 10.2 Å². The molecule has 0 spiro atoms. The molecule has 0 aromatic heterocycles. The average Bonchev–Trinajstić information content (AvgIpc) is 2.76. The van der Waals surface area contributed by atoms with E-state index in [0.717, 1.165) is 19.0 Å². The van der Waals surface area contributed by atoms with Gasteiger partial charge in [-0.25, -0.2) is 0 Å². The van der Waals surface area contributed by atoms with Crippen LogP contribution in [-0.4, -0.2) is 43.2 Å². The fraction of sp³-hybridized carbons (Fsp3) is 1.00. The van der Waals surface area contributed by atoms with Crippen LogP contribution in [-0.2, 0) is 10.2 Å². The lowest BCUT2D eigenvalue weighted by Crippen LogP contribution is -2.43. The van der Waals surface area contributed by atoms with Gasteiger partial charge in [0, 0.05) is 26.2 Å². The molecule has 0 radical (unpaired) electrons. The maximum absolute atomic E-state index is 12.4. The van der Waals surface area contributed by atoms with Crippen molar-refractivity contribution in [1.82, 2.24) is 8.61 Å². The minimum absolute atomic E-state index is 0.571. The van der Waals surface area contributed by atoms with Crippen LogP contribution in [0.2, 0.25) is 0 Å². The van der Waals surface area contributed by atoms with Gasteiger partial charge in [0.2, 0.25) is 0 Å². The summed E-state index contributed by atoms with van der Waals surface area (Å²) in [7, 11) is -3.19. The number of nitrogens with zero attached hydrogens (tertiary/aromatic N) is 2. The van der Waals surface area contributed by atoms with E-state index in [4.69, 9.17) is 0 Å². The van der Waals surface area contributed by atoms with Gasteiger partial charge in [-0.05, 0) is 30.6 Å². The summed E-state index contributed by atoms with van der Waals surface area (Å²) in [4.78, 5) is 0. The summed E-state index contributed by atoms with van der Waals surface area (Å²) in [5, 5.41) is 0. The van der Waals surface area contributed by atoms with Gasteiger partial charge in [0.15, 0.2) is 0 Å². The largest absolute Gasteiger partial charge is 0.281 e. The first kappa shape index (κ1) is 13.3. The third-order valence-electron chi connectivity index (χ3n) is 4.31. The summed E-state index contributed by atoms with van der Waals surface area (Å²) in [6.07, 6.45) is 2.41. The Bertz CT molecular complexity index is 351. The zero-order valence-electron chi connectivity index (χ0n) is 11.1. The van der Waals surface area contributed by atoms with E-state index in [1.165, 1.54) is 12.8 Å². The van der Waals surface area contributed by atoms with Gasteiger partial charge in [0.25, 0.3) is 10.2 Å². The van der Waals surface area contributed by atoms with Gasteiger partial charge in [-0.3, -0.25) is 0 Å². The SMILES string of the molecule is CCN(CC)S(=O)(=O)N1CC2CC(C)CC2C1. The lowest BCUT2D eigenvalue weighted by Gasteiger charge is -2.26. The molecule has 2 aliphatic rings. The van der Waals surface area contributed by atoms with Crippen LogP contribution < -0.4 is 0 Å². The van der Waals surface area contributed by atoms with E-state index in [-0.39, 0.29) is 0 Å². The summed E-state index contributed by atoms with van der Waals surface area (Å²) >= 11 is 0. The number of hydrogen-bond acceptors (Lipinski definition) is 2. The van der Waals surface area contributed by atoms with Crippen LogP contribution in [0.4, 0.5) is 0 Å². The molecule has 0 amide bonds. The van der Waals surface area contributed by atoms with Crippen LogP contribution in [0, 0.1) is 17.8 Å². The Kier molecular flexibility index (Phi) is 3.80. The molecule has 4 nitrogen and oxygen atoms in total. The van der Waals surface area contributed by atoms with Crippen molar-refractivity contribution < 1.29 is 8.42 Å². The van der Waals surface area contributed by atoms with Crippen molar-refractivity contribution in [2.45, 2.75) is 33.6 Å². The second-order valence-corrected chi connectivity index (χ2v) is 7.43. The molecular weight excluding hydrogens is 236 g/mol. The van der Waals surface area contributed by atoms with E-state index in [2.05, 4.69) is 6.92 Å². The van der Waals surface area contributed by atoms with Gasteiger partial charge in [0.05, 0.1) is 0 Å². The average molecular weight is 260 g/mol. The molecule has 1 aliphatic heterocycles. The highest BCUT2D eigenvalue weighted by Crippen LogP contribution is 2.42. The summed E-state index contributed by atoms with van der Waals surface area (Å²) in [5.74, 6) is 1.99. The van der Waals surface area contributed by atoms with Crippen molar-refractivity contribution in [3.63, 3.8) is 0 Å². The molecule has 0 bridgehead atoms. The van der Waals surface area contributed by atoms with E-state index in [1.807, 2.05) is 13.8 Å². The van der Waals surface area contributed by atoms with Crippen molar-refractivity contribution in [2.24, 2.45) is 17.8 Å². The maximum Gasteiger partial charge on any atom is 0.281 e. The Hall–Kier alpha value is -0.130. The van der Waals surface area contributed by atoms with Crippen molar-refractivity contribution in [3.05, 3.63) is 0 Å². The quantitative estimate of drug-likeness (QED) is 0.769. The van der Waals surface area contributed by atoms with E-state index >= 15 is 0 Å². The second kappa shape index (κ2) is 4.86. The summed E-state index contributed by atoms with van der Waals surface area (Å²) < 4.78 is 28.0. The van der Waals surface area contributed by atoms with E-state index in [1.54, 1.807) is 8.61 Å². The van der Waals surface area contributed by atoms with Crippen LogP contribution in [0.5, 0.6) is 0 Å². The zero-order valence-corrected chi connectivity index (χ0v) is 11.9. The Labute approximate surface area is 105 Å². The molecule has 0 aromatic carbocycles. The highest BCUT2D eigenvalue weighted by Gasteiger charge is 2.44. The highest BCUT2D eigenvalue weighted by molar-refractivity contribution is 7.86. The first-order valence-electron chi connectivity index (χ1n) is 6.74. The van der Waals surface area contributed by atoms with Gasteiger partial charge < -0.3 is 0 Å². The van der Waals surface area contributed by atoms with E-state index in [0.29, 0.717) is 24.9 Å². The monoisotopic (exact) mass is 260 g/mol. The molecule has 5 heteroatoms. The normalized spacial score (nSPS) is 34.5. The van der Waals surface area contributed by atoms with Crippen LogP contribution >= 0.6 is 0 Å². The molecule has 17 heavy (non-hydrogen) atoms.